The van der Waals surface area contributed by atoms with E-state index in [0.717, 1.165) is 12.2 Å². The molecular formula is C15H24N2. The maximum Gasteiger partial charge on any atom is 0.126 e. The van der Waals surface area contributed by atoms with Crippen LogP contribution in [0.3, 0.4) is 0 Å². The zero-order chi connectivity index (χ0) is 12.3. The van der Waals surface area contributed by atoms with Crippen LogP contribution in [0.2, 0.25) is 0 Å². The van der Waals surface area contributed by atoms with Gasteiger partial charge in [0, 0.05) is 12.7 Å². The van der Waals surface area contributed by atoms with Crippen molar-refractivity contribution in [3.05, 3.63) is 22.9 Å². The van der Waals surface area contributed by atoms with Gasteiger partial charge in [-0.1, -0.05) is 20.3 Å². The van der Waals surface area contributed by atoms with Crippen LogP contribution in [0.15, 0.2) is 6.07 Å². The van der Waals surface area contributed by atoms with Crippen LogP contribution < -0.4 is 5.32 Å². The number of aryl methyl sites for hydroxylation is 1. The van der Waals surface area contributed by atoms with Crippen molar-refractivity contribution in [1.29, 1.82) is 0 Å². The third-order valence-corrected chi connectivity index (χ3v) is 3.53. The number of rotatable bonds is 3. The summed E-state index contributed by atoms with van der Waals surface area (Å²) in [4.78, 5) is 4.78. The number of nitrogens with one attached hydrogen (secondary N) is 1. The lowest BCUT2D eigenvalue weighted by Crippen LogP contribution is -2.08. The van der Waals surface area contributed by atoms with Crippen LogP contribution in [-0.2, 0) is 19.3 Å². The molecule has 0 radical (unpaired) electrons. The molecule has 2 heteroatoms. The van der Waals surface area contributed by atoms with E-state index in [4.69, 9.17) is 4.98 Å². The fourth-order valence-corrected chi connectivity index (χ4v) is 2.69. The molecule has 0 amide bonds. The second-order valence-electron chi connectivity index (χ2n) is 5.50. The smallest absolute Gasteiger partial charge is 0.126 e. The minimum atomic E-state index is 0.682. The molecule has 2 nitrogen and oxygen atoms in total. The van der Waals surface area contributed by atoms with Crippen molar-refractivity contribution in [1.82, 2.24) is 4.98 Å². The van der Waals surface area contributed by atoms with Gasteiger partial charge in [0.2, 0.25) is 0 Å². The molecule has 0 atom stereocenters. The maximum atomic E-state index is 4.78. The Balaban J connectivity index is 2.40. The number of aromatic nitrogens is 1. The van der Waals surface area contributed by atoms with Crippen molar-refractivity contribution < 1.29 is 0 Å². The van der Waals surface area contributed by atoms with Crippen molar-refractivity contribution in [3.8, 4) is 0 Å². The Labute approximate surface area is 105 Å². The molecule has 1 aliphatic carbocycles. The highest BCUT2D eigenvalue weighted by molar-refractivity contribution is 5.45. The van der Waals surface area contributed by atoms with E-state index in [9.17, 15) is 0 Å². The van der Waals surface area contributed by atoms with Gasteiger partial charge in [-0.05, 0) is 55.2 Å². The molecule has 0 spiro atoms. The van der Waals surface area contributed by atoms with Crippen LogP contribution in [0.5, 0.6) is 0 Å². The highest BCUT2D eigenvalue weighted by atomic mass is 15.0. The van der Waals surface area contributed by atoms with E-state index >= 15 is 0 Å². The third kappa shape index (κ3) is 2.99. The first-order chi connectivity index (χ1) is 8.20. The Morgan fingerprint density at radius 2 is 2.00 bits per heavy atom. The maximum absolute atomic E-state index is 4.78. The van der Waals surface area contributed by atoms with Crippen molar-refractivity contribution in [3.63, 3.8) is 0 Å². The quantitative estimate of drug-likeness (QED) is 0.806. The largest absolute Gasteiger partial charge is 0.373 e. The molecule has 1 aromatic rings. The highest BCUT2D eigenvalue weighted by Crippen LogP contribution is 2.26. The summed E-state index contributed by atoms with van der Waals surface area (Å²) < 4.78 is 0. The number of hydrogen-bond acceptors (Lipinski definition) is 2. The molecule has 1 aromatic heterocycles. The van der Waals surface area contributed by atoms with Crippen molar-refractivity contribution in [2.75, 3.05) is 12.4 Å². The molecule has 0 aromatic carbocycles. The lowest BCUT2D eigenvalue weighted by Gasteiger charge is -2.15. The normalized spacial score (nSPS) is 15.5. The third-order valence-electron chi connectivity index (χ3n) is 3.53. The molecule has 0 saturated heterocycles. The molecule has 0 aliphatic heterocycles. The molecule has 1 heterocycles. The van der Waals surface area contributed by atoms with Gasteiger partial charge in [0.15, 0.2) is 0 Å². The van der Waals surface area contributed by atoms with E-state index < -0.39 is 0 Å². The van der Waals surface area contributed by atoms with Gasteiger partial charge < -0.3 is 5.32 Å². The van der Waals surface area contributed by atoms with Gasteiger partial charge in [-0.2, -0.15) is 0 Å². The lowest BCUT2D eigenvalue weighted by atomic mass is 9.96. The summed E-state index contributed by atoms with van der Waals surface area (Å²) in [6, 6.07) is 2.25. The monoisotopic (exact) mass is 232 g/mol. The zero-order valence-corrected chi connectivity index (χ0v) is 11.3. The van der Waals surface area contributed by atoms with Gasteiger partial charge in [-0.3, -0.25) is 0 Å². The fraction of sp³-hybridized carbons (Fsp3) is 0.667. The van der Waals surface area contributed by atoms with Gasteiger partial charge in [0.1, 0.15) is 5.82 Å². The number of pyridine rings is 1. The second kappa shape index (κ2) is 5.52. The fourth-order valence-electron chi connectivity index (χ4n) is 2.69. The summed E-state index contributed by atoms with van der Waals surface area (Å²) in [5.74, 6) is 1.73. The molecule has 1 aliphatic rings. The number of hydrogen-bond donors (Lipinski definition) is 1. The first kappa shape index (κ1) is 12.4. The first-order valence-corrected chi connectivity index (χ1v) is 6.90. The Morgan fingerprint density at radius 3 is 2.71 bits per heavy atom. The molecule has 0 unspecified atom stereocenters. The van der Waals surface area contributed by atoms with Crippen molar-refractivity contribution in [2.24, 2.45) is 5.92 Å². The van der Waals surface area contributed by atoms with Crippen molar-refractivity contribution in [2.45, 2.75) is 52.4 Å². The minimum absolute atomic E-state index is 0.682. The van der Waals surface area contributed by atoms with Gasteiger partial charge in [0.25, 0.3) is 0 Å². The first-order valence-electron chi connectivity index (χ1n) is 6.90. The lowest BCUT2D eigenvalue weighted by molar-refractivity contribution is 0.627. The molecular weight excluding hydrogens is 208 g/mol. The van der Waals surface area contributed by atoms with Crippen LogP contribution in [0.25, 0.3) is 0 Å². The van der Waals surface area contributed by atoms with Gasteiger partial charge in [-0.25, -0.2) is 4.98 Å². The van der Waals surface area contributed by atoms with Gasteiger partial charge in [0.05, 0.1) is 0 Å². The topological polar surface area (TPSA) is 24.9 Å². The Bertz CT molecular complexity index is 383. The summed E-state index contributed by atoms with van der Waals surface area (Å²) in [5, 5.41) is 3.20. The Hall–Kier alpha value is -1.05. The second-order valence-corrected chi connectivity index (χ2v) is 5.50. The molecule has 94 valence electrons. The molecule has 1 N–H and O–H groups in total. The van der Waals surface area contributed by atoms with E-state index in [1.54, 1.807) is 5.56 Å². The standard InChI is InChI=1S/C15H24N2/c1-11(2)9-14-13-8-6-4-5-7-12(13)10-15(16-3)17-14/h10-11H,4-9H2,1-3H3,(H,16,17). The SMILES string of the molecule is CNc1cc2c(c(CC(C)C)n1)CCCCC2. The number of fused-ring (bicyclic) bond motifs is 1. The summed E-state index contributed by atoms with van der Waals surface area (Å²) in [6.07, 6.45) is 7.61. The number of anilines is 1. The Kier molecular flexibility index (Phi) is 4.03. The summed E-state index contributed by atoms with van der Waals surface area (Å²) in [5.41, 5.74) is 4.43. The molecule has 0 fully saturated rings. The van der Waals surface area contributed by atoms with Crippen LogP contribution in [0, 0.1) is 5.92 Å². The molecule has 0 saturated carbocycles. The van der Waals surface area contributed by atoms with E-state index in [0.29, 0.717) is 5.92 Å². The van der Waals surface area contributed by atoms with E-state index in [-0.39, 0.29) is 0 Å². The van der Waals surface area contributed by atoms with Gasteiger partial charge in [-0.15, -0.1) is 0 Å². The minimum Gasteiger partial charge on any atom is -0.373 e. The molecule has 0 bridgehead atoms. The van der Waals surface area contributed by atoms with Crippen molar-refractivity contribution >= 4 is 5.82 Å². The Morgan fingerprint density at radius 1 is 1.24 bits per heavy atom. The summed E-state index contributed by atoms with van der Waals surface area (Å²) >= 11 is 0. The summed E-state index contributed by atoms with van der Waals surface area (Å²) in [6.45, 7) is 4.55. The van der Waals surface area contributed by atoms with E-state index in [1.165, 1.54) is 43.4 Å². The van der Waals surface area contributed by atoms with E-state index in [2.05, 4.69) is 25.2 Å². The van der Waals surface area contributed by atoms with Crippen LogP contribution >= 0.6 is 0 Å². The zero-order valence-electron chi connectivity index (χ0n) is 11.3. The van der Waals surface area contributed by atoms with Crippen LogP contribution in [0.4, 0.5) is 5.82 Å². The average molecular weight is 232 g/mol. The number of nitrogens with zero attached hydrogens (tertiary/aromatic N) is 1. The van der Waals surface area contributed by atoms with Crippen LogP contribution in [-0.4, -0.2) is 12.0 Å². The van der Waals surface area contributed by atoms with Gasteiger partial charge >= 0.3 is 0 Å². The highest BCUT2D eigenvalue weighted by Gasteiger charge is 2.15. The molecule has 17 heavy (non-hydrogen) atoms. The predicted octanol–water partition coefficient (Wildman–Crippen LogP) is 3.59. The summed E-state index contributed by atoms with van der Waals surface area (Å²) in [7, 11) is 1.96. The van der Waals surface area contributed by atoms with Crippen LogP contribution in [0.1, 0.15) is 49.9 Å². The van der Waals surface area contributed by atoms with E-state index in [1.807, 2.05) is 7.05 Å². The predicted molar refractivity (Wildman–Crippen MR) is 73.6 cm³/mol. The average Bonchev–Trinajstić information content (AvgIpc) is 2.53. The molecule has 2 rings (SSSR count).